The molecule has 0 saturated carbocycles. The highest BCUT2D eigenvalue weighted by molar-refractivity contribution is 5.91. The zero-order valence-corrected chi connectivity index (χ0v) is 12.2. The smallest absolute Gasteiger partial charge is 0.288 e. The van der Waals surface area contributed by atoms with Crippen LogP contribution >= 0.6 is 0 Å². The molecule has 3 aromatic rings. The van der Waals surface area contributed by atoms with E-state index in [1.54, 1.807) is 7.05 Å². The van der Waals surface area contributed by atoms with Gasteiger partial charge in [-0.3, -0.25) is 4.79 Å². The van der Waals surface area contributed by atoms with Crippen LogP contribution in [0, 0.1) is 0 Å². The van der Waals surface area contributed by atoms with Crippen molar-refractivity contribution in [3.05, 3.63) is 72.6 Å². The number of carbonyl (C=O) groups excluding carboxylic acids is 1. The summed E-state index contributed by atoms with van der Waals surface area (Å²) in [5, 5.41) is 2.57. The van der Waals surface area contributed by atoms with Gasteiger partial charge in [-0.2, -0.15) is 0 Å². The fraction of sp³-hybridized carbons (Fsp3) is 0.0556. The second kappa shape index (κ2) is 6.18. The van der Waals surface area contributed by atoms with Gasteiger partial charge in [-0.05, 0) is 6.07 Å². The Bertz CT molecular complexity index is 728. The summed E-state index contributed by atoms with van der Waals surface area (Å²) in [4.78, 5) is 20.7. The molecule has 0 aliphatic rings. The van der Waals surface area contributed by atoms with Crippen LogP contribution in [-0.2, 0) is 0 Å². The molecule has 4 heteroatoms. The van der Waals surface area contributed by atoms with Gasteiger partial charge >= 0.3 is 0 Å². The first-order valence-electron chi connectivity index (χ1n) is 7.00. The Morgan fingerprint density at radius 3 is 1.68 bits per heavy atom. The normalized spacial score (nSPS) is 10.2. The molecular weight excluding hydrogens is 274 g/mol. The summed E-state index contributed by atoms with van der Waals surface area (Å²) >= 11 is 0. The Hall–Kier alpha value is -3.01. The van der Waals surface area contributed by atoms with Gasteiger partial charge in [-0.15, -0.1) is 0 Å². The lowest BCUT2D eigenvalue weighted by atomic mass is 10.1. The van der Waals surface area contributed by atoms with Crippen LogP contribution in [0.1, 0.15) is 10.6 Å². The maximum atomic E-state index is 11.9. The van der Waals surface area contributed by atoms with Gasteiger partial charge in [0.1, 0.15) is 0 Å². The lowest BCUT2D eigenvalue weighted by molar-refractivity contribution is 0.0953. The third-order valence-corrected chi connectivity index (χ3v) is 3.30. The molecule has 22 heavy (non-hydrogen) atoms. The van der Waals surface area contributed by atoms with E-state index in [0.717, 1.165) is 22.5 Å². The lowest BCUT2D eigenvalue weighted by Gasteiger charge is -2.08. The average molecular weight is 289 g/mol. The number of carbonyl (C=O) groups is 1. The number of hydrogen-bond donors (Lipinski definition) is 1. The van der Waals surface area contributed by atoms with Crippen molar-refractivity contribution in [1.29, 1.82) is 0 Å². The monoisotopic (exact) mass is 289 g/mol. The Morgan fingerprint density at radius 1 is 0.818 bits per heavy atom. The van der Waals surface area contributed by atoms with E-state index < -0.39 is 0 Å². The quantitative estimate of drug-likeness (QED) is 0.805. The van der Waals surface area contributed by atoms with E-state index in [1.807, 2.05) is 66.7 Å². The number of aromatic nitrogens is 2. The van der Waals surface area contributed by atoms with Crippen molar-refractivity contribution in [3.63, 3.8) is 0 Å². The molecule has 1 N–H and O–H groups in total. The maximum Gasteiger partial charge on any atom is 0.288 e. The Labute approximate surface area is 128 Å². The van der Waals surface area contributed by atoms with Crippen molar-refractivity contribution < 1.29 is 4.79 Å². The summed E-state index contributed by atoms with van der Waals surface area (Å²) < 4.78 is 0. The van der Waals surface area contributed by atoms with Gasteiger partial charge in [0.15, 0.2) is 0 Å². The van der Waals surface area contributed by atoms with Crippen molar-refractivity contribution in [3.8, 4) is 22.5 Å². The van der Waals surface area contributed by atoms with Gasteiger partial charge in [-0.1, -0.05) is 60.7 Å². The van der Waals surface area contributed by atoms with Crippen LogP contribution in [0.5, 0.6) is 0 Å². The van der Waals surface area contributed by atoms with Gasteiger partial charge in [0.25, 0.3) is 5.91 Å². The van der Waals surface area contributed by atoms with E-state index in [-0.39, 0.29) is 11.7 Å². The molecule has 0 spiro atoms. The van der Waals surface area contributed by atoms with Crippen molar-refractivity contribution >= 4 is 5.91 Å². The molecular formula is C18H15N3O. The first-order valence-corrected chi connectivity index (χ1v) is 7.00. The first-order chi connectivity index (χ1) is 10.8. The van der Waals surface area contributed by atoms with Crippen molar-refractivity contribution in [2.45, 2.75) is 0 Å². The second-order valence-electron chi connectivity index (χ2n) is 4.77. The Kier molecular flexibility index (Phi) is 3.92. The zero-order chi connectivity index (χ0) is 15.4. The third kappa shape index (κ3) is 2.86. The van der Waals surface area contributed by atoms with Gasteiger partial charge in [0.2, 0.25) is 5.82 Å². The summed E-state index contributed by atoms with van der Waals surface area (Å²) in [7, 11) is 1.57. The van der Waals surface area contributed by atoms with Gasteiger partial charge in [-0.25, -0.2) is 9.97 Å². The average Bonchev–Trinajstić information content (AvgIpc) is 2.62. The van der Waals surface area contributed by atoms with E-state index in [2.05, 4.69) is 15.3 Å². The molecule has 1 aromatic heterocycles. The molecule has 2 aromatic carbocycles. The maximum absolute atomic E-state index is 11.9. The van der Waals surface area contributed by atoms with Crippen LogP contribution in [0.2, 0.25) is 0 Å². The molecule has 0 fully saturated rings. The molecule has 0 saturated heterocycles. The molecule has 0 radical (unpaired) electrons. The molecule has 0 aliphatic heterocycles. The molecule has 0 unspecified atom stereocenters. The Balaban J connectivity index is 2.17. The molecule has 0 bridgehead atoms. The second-order valence-corrected chi connectivity index (χ2v) is 4.77. The van der Waals surface area contributed by atoms with E-state index >= 15 is 0 Å². The minimum Gasteiger partial charge on any atom is -0.352 e. The van der Waals surface area contributed by atoms with Crippen LogP contribution in [0.4, 0.5) is 0 Å². The predicted octanol–water partition coefficient (Wildman–Crippen LogP) is 3.17. The number of nitrogens with one attached hydrogen (secondary N) is 1. The minimum atomic E-state index is -0.296. The summed E-state index contributed by atoms with van der Waals surface area (Å²) in [6.45, 7) is 0. The molecule has 1 amide bonds. The van der Waals surface area contributed by atoms with Crippen molar-refractivity contribution in [2.24, 2.45) is 0 Å². The lowest BCUT2D eigenvalue weighted by Crippen LogP contribution is -2.21. The highest BCUT2D eigenvalue weighted by atomic mass is 16.2. The van der Waals surface area contributed by atoms with E-state index in [1.165, 1.54) is 0 Å². The topological polar surface area (TPSA) is 54.9 Å². The molecule has 3 rings (SSSR count). The largest absolute Gasteiger partial charge is 0.352 e. The number of nitrogens with zero attached hydrogens (tertiary/aromatic N) is 2. The van der Waals surface area contributed by atoms with Gasteiger partial charge < -0.3 is 5.32 Å². The zero-order valence-electron chi connectivity index (χ0n) is 12.2. The van der Waals surface area contributed by atoms with E-state index in [9.17, 15) is 4.79 Å². The van der Waals surface area contributed by atoms with Crippen LogP contribution in [0.25, 0.3) is 22.5 Å². The summed E-state index contributed by atoms with van der Waals surface area (Å²) in [5.41, 5.74) is 3.36. The Morgan fingerprint density at radius 2 is 1.27 bits per heavy atom. The predicted molar refractivity (Wildman–Crippen MR) is 86.3 cm³/mol. The fourth-order valence-electron chi connectivity index (χ4n) is 2.17. The van der Waals surface area contributed by atoms with Crippen LogP contribution in [-0.4, -0.2) is 22.9 Å². The highest BCUT2D eigenvalue weighted by Gasteiger charge is 2.13. The van der Waals surface area contributed by atoms with Crippen molar-refractivity contribution in [1.82, 2.24) is 15.3 Å². The minimum absolute atomic E-state index is 0.169. The standard InChI is InChI=1S/C18H15N3O/c1-19-18(22)17-20-15(13-8-4-2-5-9-13)12-16(21-17)14-10-6-3-7-11-14/h2-12H,1H3,(H,19,22). The third-order valence-electron chi connectivity index (χ3n) is 3.30. The van der Waals surface area contributed by atoms with Crippen LogP contribution in [0.3, 0.4) is 0 Å². The van der Waals surface area contributed by atoms with Gasteiger partial charge in [0.05, 0.1) is 11.4 Å². The first kappa shape index (κ1) is 13.9. The highest BCUT2D eigenvalue weighted by Crippen LogP contribution is 2.23. The molecule has 108 valence electrons. The summed E-state index contributed by atoms with van der Waals surface area (Å²) in [5.74, 6) is -0.127. The number of hydrogen-bond acceptors (Lipinski definition) is 3. The molecule has 0 atom stereocenters. The SMILES string of the molecule is CNC(=O)c1nc(-c2ccccc2)cc(-c2ccccc2)n1. The molecule has 0 aliphatic carbocycles. The molecule has 4 nitrogen and oxygen atoms in total. The summed E-state index contributed by atoms with van der Waals surface area (Å²) in [6, 6.07) is 21.4. The van der Waals surface area contributed by atoms with E-state index in [0.29, 0.717) is 0 Å². The van der Waals surface area contributed by atoms with Crippen molar-refractivity contribution in [2.75, 3.05) is 7.05 Å². The fourth-order valence-corrected chi connectivity index (χ4v) is 2.17. The number of rotatable bonds is 3. The summed E-state index contributed by atoms with van der Waals surface area (Å²) in [6.07, 6.45) is 0. The number of benzene rings is 2. The number of amides is 1. The van der Waals surface area contributed by atoms with Gasteiger partial charge in [0, 0.05) is 18.2 Å². The van der Waals surface area contributed by atoms with Crippen LogP contribution < -0.4 is 5.32 Å². The van der Waals surface area contributed by atoms with E-state index in [4.69, 9.17) is 0 Å². The van der Waals surface area contributed by atoms with Crippen LogP contribution in [0.15, 0.2) is 66.7 Å². The molecule has 1 heterocycles.